The first-order valence-corrected chi connectivity index (χ1v) is 5.64. The van der Waals surface area contributed by atoms with Gasteiger partial charge >= 0.3 is 0 Å². The Hall–Kier alpha value is -1.00. The quantitative estimate of drug-likeness (QED) is 0.629. The van der Waals surface area contributed by atoms with Crippen molar-refractivity contribution >= 4 is 17.7 Å². The molecule has 0 atom stereocenters. The molecule has 0 aromatic heterocycles. The van der Waals surface area contributed by atoms with Crippen LogP contribution in [0.1, 0.15) is 11.1 Å². The summed E-state index contributed by atoms with van der Waals surface area (Å²) < 4.78 is 0. The zero-order chi connectivity index (χ0) is 11.3. The summed E-state index contributed by atoms with van der Waals surface area (Å²) in [7, 11) is 1.43. The minimum Gasteiger partial charge on any atom is -0.277 e. The molecule has 0 aliphatic rings. The van der Waals surface area contributed by atoms with Gasteiger partial charge in [-0.1, -0.05) is 17.7 Å². The van der Waals surface area contributed by atoms with Gasteiger partial charge in [-0.3, -0.25) is 9.63 Å². The molecule has 1 aromatic carbocycles. The summed E-state index contributed by atoms with van der Waals surface area (Å²) in [5.74, 6) is 0.251. The molecule has 0 radical (unpaired) electrons. The van der Waals surface area contributed by atoms with Gasteiger partial charge in [0.2, 0.25) is 0 Å². The number of aryl methyl sites for hydroxylation is 2. The van der Waals surface area contributed by atoms with Crippen LogP contribution in [0.25, 0.3) is 0 Å². The minimum atomic E-state index is -0.122. The van der Waals surface area contributed by atoms with E-state index in [2.05, 4.69) is 28.5 Å². The first kappa shape index (κ1) is 12.1. The van der Waals surface area contributed by atoms with Gasteiger partial charge in [0.05, 0.1) is 12.9 Å². The van der Waals surface area contributed by atoms with E-state index in [0.29, 0.717) is 5.75 Å². The molecule has 4 heteroatoms. The maximum atomic E-state index is 11.2. The predicted octanol–water partition coefficient (Wildman–Crippen LogP) is 2.07. The highest BCUT2D eigenvalue weighted by Crippen LogP contribution is 2.23. The fourth-order valence-corrected chi connectivity index (χ4v) is 2.06. The summed E-state index contributed by atoms with van der Waals surface area (Å²) in [6.07, 6.45) is 0. The number of thioether (sulfide) groups is 1. The molecule has 1 aromatic rings. The Bertz CT molecular complexity index is 352. The summed E-state index contributed by atoms with van der Waals surface area (Å²) in [6, 6.07) is 6.21. The lowest BCUT2D eigenvalue weighted by molar-refractivity contribution is -0.128. The predicted molar refractivity (Wildman–Crippen MR) is 61.8 cm³/mol. The first-order valence-electron chi connectivity index (χ1n) is 4.65. The average Bonchev–Trinajstić information content (AvgIpc) is 2.20. The minimum absolute atomic E-state index is 0.122. The number of amides is 1. The molecule has 3 nitrogen and oxygen atoms in total. The second-order valence-electron chi connectivity index (χ2n) is 3.29. The van der Waals surface area contributed by atoms with Crippen molar-refractivity contribution in [1.82, 2.24) is 5.48 Å². The number of hydrogen-bond acceptors (Lipinski definition) is 3. The van der Waals surface area contributed by atoms with E-state index < -0.39 is 0 Å². The lowest BCUT2D eigenvalue weighted by Gasteiger charge is -2.06. The third-order valence-electron chi connectivity index (χ3n) is 1.92. The highest BCUT2D eigenvalue weighted by atomic mass is 32.2. The Morgan fingerprint density at radius 1 is 1.47 bits per heavy atom. The van der Waals surface area contributed by atoms with Crippen molar-refractivity contribution in [3.63, 3.8) is 0 Å². The standard InChI is InChI=1S/C11H15NO2S/c1-8-4-5-9(2)10(6-8)15-7-11(13)12-14-3/h4-6H,7H2,1-3H3,(H,12,13). The van der Waals surface area contributed by atoms with Gasteiger partial charge < -0.3 is 0 Å². The molecule has 15 heavy (non-hydrogen) atoms. The van der Waals surface area contributed by atoms with Crippen LogP contribution in [0.2, 0.25) is 0 Å². The largest absolute Gasteiger partial charge is 0.277 e. The second kappa shape index (κ2) is 5.78. The van der Waals surface area contributed by atoms with Gasteiger partial charge in [0.1, 0.15) is 0 Å². The zero-order valence-corrected chi connectivity index (χ0v) is 9.98. The Morgan fingerprint density at radius 2 is 2.20 bits per heavy atom. The molecule has 0 fully saturated rings. The molecule has 0 aliphatic carbocycles. The maximum absolute atomic E-state index is 11.2. The van der Waals surface area contributed by atoms with Gasteiger partial charge in [-0.05, 0) is 25.5 Å². The van der Waals surface area contributed by atoms with E-state index in [-0.39, 0.29) is 5.91 Å². The van der Waals surface area contributed by atoms with Crippen LogP contribution < -0.4 is 5.48 Å². The summed E-state index contributed by atoms with van der Waals surface area (Å²) in [4.78, 5) is 16.8. The van der Waals surface area contributed by atoms with Crippen LogP contribution >= 0.6 is 11.8 Å². The number of rotatable bonds is 4. The van der Waals surface area contributed by atoms with E-state index in [4.69, 9.17) is 0 Å². The molecule has 0 spiro atoms. The van der Waals surface area contributed by atoms with Crippen LogP contribution in [-0.2, 0) is 9.63 Å². The molecule has 0 heterocycles. The molecule has 1 rings (SSSR count). The number of nitrogens with one attached hydrogen (secondary N) is 1. The first-order chi connectivity index (χ1) is 7.13. The van der Waals surface area contributed by atoms with Gasteiger partial charge in [0, 0.05) is 4.90 Å². The van der Waals surface area contributed by atoms with Crippen molar-refractivity contribution < 1.29 is 9.63 Å². The summed E-state index contributed by atoms with van der Waals surface area (Å²) >= 11 is 1.52. The average molecular weight is 225 g/mol. The van der Waals surface area contributed by atoms with Gasteiger partial charge in [0.25, 0.3) is 5.91 Å². The molecule has 1 N–H and O–H groups in total. The number of hydroxylamine groups is 1. The molecule has 82 valence electrons. The molecular formula is C11H15NO2S. The van der Waals surface area contributed by atoms with Crippen molar-refractivity contribution in [2.75, 3.05) is 12.9 Å². The van der Waals surface area contributed by atoms with Crippen LogP contribution in [-0.4, -0.2) is 18.8 Å². The summed E-state index contributed by atoms with van der Waals surface area (Å²) in [5.41, 5.74) is 4.68. The lowest BCUT2D eigenvalue weighted by atomic mass is 10.2. The Labute approximate surface area is 94.2 Å². The second-order valence-corrected chi connectivity index (χ2v) is 4.30. The number of carbonyl (C=O) groups is 1. The SMILES string of the molecule is CONC(=O)CSc1cc(C)ccc1C. The van der Waals surface area contributed by atoms with Crippen LogP contribution in [0.3, 0.4) is 0 Å². The Balaban J connectivity index is 2.57. The zero-order valence-electron chi connectivity index (χ0n) is 9.16. The third kappa shape index (κ3) is 3.93. The smallest absolute Gasteiger partial charge is 0.253 e. The van der Waals surface area contributed by atoms with Crippen molar-refractivity contribution in [2.24, 2.45) is 0 Å². The molecular weight excluding hydrogens is 210 g/mol. The summed E-state index contributed by atoms with van der Waals surface area (Å²) in [6.45, 7) is 4.08. The van der Waals surface area contributed by atoms with Crippen LogP contribution in [0, 0.1) is 13.8 Å². The lowest BCUT2D eigenvalue weighted by Crippen LogP contribution is -2.23. The Morgan fingerprint density at radius 3 is 2.87 bits per heavy atom. The maximum Gasteiger partial charge on any atom is 0.253 e. The van der Waals surface area contributed by atoms with Gasteiger partial charge in [-0.15, -0.1) is 11.8 Å². The number of benzene rings is 1. The van der Waals surface area contributed by atoms with Crippen molar-refractivity contribution in [3.8, 4) is 0 Å². The van der Waals surface area contributed by atoms with Crippen LogP contribution in [0.15, 0.2) is 23.1 Å². The molecule has 0 saturated carbocycles. The molecule has 0 aliphatic heterocycles. The van der Waals surface area contributed by atoms with E-state index in [1.54, 1.807) is 0 Å². The van der Waals surface area contributed by atoms with Crippen molar-refractivity contribution in [3.05, 3.63) is 29.3 Å². The van der Waals surface area contributed by atoms with E-state index in [1.165, 1.54) is 30.0 Å². The van der Waals surface area contributed by atoms with Crippen molar-refractivity contribution in [2.45, 2.75) is 18.7 Å². The molecule has 0 bridgehead atoms. The highest BCUT2D eigenvalue weighted by molar-refractivity contribution is 8.00. The van der Waals surface area contributed by atoms with Gasteiger partial charge in [-0.25, -0.2) is 5.48 Å². The monoisotopic (exact) mass is 225 g/mol. The molecule has 0 saturated heterocycles. The number of hydrogen-bond donors (Lipinski definition) is 1. The Kier molecular flexibility index (Phi) is 4.65. The number of carbonyl (C=O) groups excluding carboxylic acids is 1. The van der Waals surface area contributed by atoms with Gasteiger partial charge in [-0.2, -0.15) is 0 Å². The topological polar surface area (TPSA) is 38.3 Å². The van der Waals surface area contributed by atoms with Gasteiger partial charge in [0.15, 0.2) is 0 Å². The highest BCUT2D eigenvalue weighted by Gasteiger charge is 2.04. The fraction of sp³-hybridized carbons (Fsp3) is 0.364. The third-order valence-corrected chi connectivity index (χ3v) is 3.08. The van der Waals surface area contributed by atoms with E-state index in [0.717, 1.165) is 4.90 Å². The van der Waals surface area contributed by atoms with E-state index >= 15 is 0 Å². The van der Waals surface area contributed by atoms with Crippen molar-refractivity contribution in [1.29, 1.82) is 0 Å². The molecule has 1 amide bonds. The summed E-state index contributed by atoms with van der Waals surface area (Å²) in [5, 5.41) is 0. The molecule has 0 unspecified atom stereocenters. The fourth-order valence-electron chi connectivity index (χ4n) is 1.15. The normalized spacial score (nSPS) is 10.1. The van der Waals surface area contributed by atoms with E-state index in [9.17, 15) is 4.79 Å². The van der Waals surface area contributed by atoms with Crippen LogP contribution in [0.5, 0.6) is 0 Å². The van der Waals surface area contributed by atoms with Crippen LogP contribution in [0.4, 0.5) is 0 Å². The van der Waals surface area contributed by atoms with E-state index in [1.807, 2.05) is 13.8 Å².